The largest absolute Gasteiger partial charge is 0.297 e. The van der Waals surface area contributed by atoms with Gasteiger partial charge in [-0.05, 0) is 22.8 Å². The first-order valence-corrected chi connectivity index (χ1v) is 5.35. The Morgan fingerprint density at radius 2 is 1.81 bits per heavy atom. The van der Waals surface area contributed by atoms with Crippen LogP contribution in [0.2, 0.25) is 0 Å². The van der Waals surface area contributed by atoms with Gasteiger partial charge in [0.05, 0.1) is 0 Å². The molecule has 0 saturated carbocycles. The van der Waals surface area contributed by atoms with E-state index in [2.05, 4.69) is 0 Å². The molecule has 0 saturated heterocycles. The van der Waals surface area contributed by atoms with E-state index in [9.17, 15) is 9.18 Å². The number of ketones is 1. The number of hydrogen-bond donors (Lipinski definition) is 0. The highest BCUT2D eigenvalue weighted by atomic mass is 19.1. The summed E-state index contributed by atoms with van der Waals surface area (Å²) < 4.78 is 12.1. The van der Waals surface area contributed by atoms with Crippen LogP contribution in [0.4, 0.5) is 4.39 Å². The van der Waals surface area contributed by atoms with Crippen molar-refractivity contribution in [3.63, 3.8) is 0 Å². The molecule has 0 aliphatic carbocycles. The van der Waals surface area contributed by atoms with Crippen LogP contribution < -0.4 is 0 Å². The number of carbonyl (C=O) groups is 1. The quantitative estimate of drug-likeness (QED) is 0.766. The molecule has 0 atom stereocenters. The normalized spacial score (nSPS) is 10.6. The molecule has 0 aromatic heterocycles. The molecule has 0 fully saturated rings. The van der Waals surface area contributed by atoms with Gasteiger partial charge in [0.15, 0.2) is 5.78 Å². The molecule has 0 N–H and O–H groups in total. The lowest BCUT2D eigenvalue weighted by atomic mass is 10.0. The van der Waals surface area contributed by atoms with Crippen LogP contribution in [0.5, 0.6) is 0 Å². The number of hydrogen-bond acceptors (Lipinski definition) is 1. The molecule has 2 heteroatoms. The number of aryl methyl sites for hydroxylation is 1. The molecule has 2 aromatic rings. The van der Waals surface area contributed by atoms with Gasteiger partial charge in [0.1, 0.15) is 6.67 Å². The summed E-state index contributed by atoms with van der Waals surface area (Å²) >= 11 is 0. The van der Waals surface area contributed by atoms with Crippen LogP contribution in [0, 0.1) is 0 Å². The summed E-state index contributed by atoms with van der Waals surface area (Å²) in [5, 5.41) is 2.31. The SMILES string of the molecule is O=C(CF)CCc1cccc2ccccc12. The molecule has 0 unspecified atom stereocenters. The molecule has 0 aliphatic heterocycles. The molecule has 2 rings (SSSR count). The Bertz CT molecular complexity index is 500. The van der Waals surface area contributed by atoms with Crippen LogP contribution >= 0.6 is 0 Å². The fraction of sp³-hybridized carbons (Fsp3) is 0.214. The van der Waals surface area contributed by atoms with Gasteiger partial charge in [-0.15, -0.1) is 0 Å². The van der Waals surface area contributed by atoms with Crippen LogP contribution in [-0.2, 0) is 11.2 Å². The summed E-state index contributed by atoms with van der Waals surface area (Å²) in [6.07, 6.45) is 0.897. The third-order valence-electron chi connectivity index (χ3n) is 2.70. The Labute approximate surface area is 93.9 Å². The third kappa shape index (κ3) is 2.27. The smallest absolute Gasteiger partial charge is 0.164 e. The standard InChI is InChI=1S/C14H13FO/c15-10-13(16)9-8-12-6-3-5-11-4-1-2-7-14(11)12/h1-7H,8-10H2. The molecule has 0 aliphatic rings. The number of fused-ring (bicyclic) bond motifs is 1. The number of rotatable bonds is 4. The molecule has 0 amide bonds. The summed E-state index contributed by atoms with van der Waals surface area (Å²) in [6, 6.07) is 14.0. The molecular weight excluding hydrogens is 203 g/mol. The van der Waals surface area contributed by atoms with Gasteiger partial charge in [0, 0.05) is 6.42 Å². The number of halogens is 1. The van der Waals surface area contributed by atoms with Crippen molar-refractivity contribution in [2.24, 2.45) is 0 Å². The van der Waals surface area contributed by atoms with Crippen LogP contribution in [0.25, 0.3) is 10.8 Å². The van der Waals surface area contributed by atoms with E-state index in [0.717, 1.165) is 16.3 Å². The first-order valence-electron chi connectivity index (χ1n) is 5.35. The lowest BCUT2D eigenvalue weighted by molar-refractivity contribution is -0.119. The van der Waals surface area contributed by atoms with Gasteiger partial charge in [-0.25, -0.2) is 4.39 Å². The van der Waals surface area contributed by atoms with Gasteiger partial charge >= 0.3 is 0 Å². The van der Waals surface area contributed by atoms with Crippen LogP contribution in [0.3, 0.4) is 0 Å². The fourth-order valence-corrected chi connectivity index (χ4v) is 1.85. The van der Waals surface area contributed by atoms with E-state index < -0.39 is 6.67 Å². The number of carbonyl (C=O) groups excluding carboxylic acids is 1. The van der Waals surface area contributed by atoms with E-state index in [0.29, 0.717) is 6.42 Å². The molecule has 1 nitrogen and oxygen atoms in total. The minimum atomic E-state index is -0.856. The molecule has 0 heterocycles. The number of alkyl halides is 1. The van der Waals surface area contributed by atoms with E-state index in [1.165, 1.54) is 0 Å². The van der Waals surface area contributed by atoms with Crippen LogP contribution in [0.1, 0.15) is 12.0 Å². The third-order valence-corrected chi connectivity index (χ3v) is 2.70. The van der Waals surface area contributed by atoms with Gasteiger partial charge in [-0.1, -0.05) is 42.5 Å². The molecule has 0 radical (unpaired) electrons. The van der Waals surface area contributed by atoms with Crippen LogP contribution in [-0.4, -0.2) is 12.5 Å². The Morgan fingerprint density at radius 3 is 2.62 bits per heavy atom. The van der Waals surface area contributed by atoms with Crippen molar-refractivity contribution < 1.29 is 9.18 Å². The number of Topliss-reactive ketones (excluding diaryl/α,β-unsaturated/α-hetero) is 1. The fourth-order valence-electron chi connectivity index (χ4n) is 1.85. The van der Waals surface area contributed by atoms with Crippen molar-refractivity contribution in [2.45, 2.75) is 12.8 Å². The minimum Gasteiger partial charge on any atom is -0.297 e. The molecule has 82 valence electrons. The second-order valence-electron chi connectivity index (χ2n) is 3.81. The van der Waals surface area contributed by atoms with E-state index >= 15 is 0 Å². The van der Waals surface area contributed by atoms with E-state index in [-0.39, 0.29) is 12.2 Å². The first-order chi connectivity index (χ1) is 7.81. The summed E-state index contributed by atoms with van der Waals surface area (Å²) in [5.41, 5.74) is 1.11. The zero-order valence-corrected chi connectivity index (χ0v) is 8.95. The predicted molar refractivity (Wildman–Crippen MR) is 63.3 cm³/mol. The Balaban J connectivity index is 2.27. The van der Waals surface area contributed by atoms with Crippen molar-refractivity contribution >= 4 is 16.6 Å². The van der Waals surface area contributed by atoms with Gasteiger partial charge in [0.2, 0.25) is 0 Å². The average Bonchev–Trinajstić information content (AvgIpc) is 2.35. The highest BCUT2D eigenvalue weighted by molar-refractivity contribution is 5.86. The maximum atomic E-state index is 12.1. The van der Waals surface area contributed by atoms with E-state index in [4.69, 9.17) is 0 Å². The van der Waals surface area contributed by atoms with Crippen molar-refractivity contribution in [3.05, 3.63) is 48.0 Å². The van der Waals surface area contributed by atoms with Gasteiger partial charge < -0.3 is 0 Å². The van der Waals surface area contributed by atoms with Crippen molar-refractivity contribution in [1.29, 1.82) is 0 Å². The monoisotopic (exact) mass is 216 g/mol. The summed E-state index contributed by atoms with van der Waals surface area (Å²) in [4.78, 5) is 10.9. The Morgan fingerprint density at radius 1 is 1.06 bits per heavy atom. The second kappa shape index (κ2) is 4.88. The Kier molecular flexibility index (Phi) is 3.30. The lowest BCUT2D eigenvalue weighted by Gasteiger charge is -2.05. The Hall–Kier alpha value is -1.70. The molecule has 0 spiro atoms. The predicted octanol–water partition coefficient (Wildman–Crippen LogP) is 3.31. The maximum Gasteiger partial charge on any atom is 0.164 e. The van der Waals surface area contributed by atoms with Crippen molar-refractivity contribution in [2.75, 3.05) is 6.67 Å². The van der Waals surface area contributed by atoms with Gasteiger partial charge in [-0.2, -0.15) is 0 Å². The first kappa shape index (κ1) is 10.8. The summed E-state index contributed by atoms with van der Waals surface area (Å²) in [5.74, 6) is -0.326. The average molecular weight is 216 g/mol. The molecule has 0 bridgehead atoms. The molecular formula is C14H13FO. The molecule has 2 aromatic carbocycles. The maximum absolute atomic E-state index is 12.1. The molecule has 16 heavy (non-hydrogen) atoms. The second-order valence-corrected chi connectivity index (χ2v) is 3.81. The lowest BCUT2D eigenvalue weighted by Crippen LogP contribution is -2.01. The number of benzene rings is 2. The topological polar surface area (TPSA) is 17.1 Å². The minimum absolute atomic E-state index is 0.282. The van der Waals surface area contributed by atoms with Gasteiger partial charge in [-0.3, -0.25) is 4.79 Å². The highest BCUT2D eigenvalue weighted by Crippen LogP contribution is 2.19. The highest BCUT2D eigenvalue weighted by Gasteiger charge is 2.04. The zero-order valence-electron chi connectivity index (χ0n) is 8.95. The van der Waals surface area contributed by atoms with E-state index in [1.807, 2.05) is 42.5 Å². The summed E-state index contributed by atoms with van der Waals surface area (Å²) in [7, 11) is 0. The van der Waals surface area contributed by atoms with E-state index in [1.54, 1.807) is 0 Å². The zero-order chi connectivity index (χ0) is 11.4. The van der Waals surface area contributed by atoms with Crippen LogP contribution in [0.15, 0.2) is 42.5 Å². The van der Waals surface area contributed by atoms with Crippen molar-refractivity contribution in [3.8, 4) is 0 Å². The van der Waals surface area contributed by atoms with Crippen molar-refractivity contribution in [1.82, 2.24) is 0 Å². The summed E-state index contributed by atoms with van der Waals surface area (Å²) in [6.45, 7) is -0.856. The van der Waals surface area contributed by atoms with Gasteiger partial charge in [0.25, 0.3) is 0 Å².